The Morgan fingerprint density at radius 1 is 1.10 bits per heavy atom. The minimum atomic E-state index is -1.19. The molecule has 5 rings (SSSR count). The van der Waals surface area contributed by atoms with Gasteiger partial charge >= 0.3 is 5.97 Å². The maximum Gasteiger partial charge on any atom is 0.313 e. The summed E-state index contributed by atoms with van der Waals surface area (Å²) in [4.78, 5) is 59.1. The summed E-state index contributed by atoms with van der Waals surface area (Å²) in [6, 6.07) is 17.3. The number of rotatable bonds is 17. The number of nitrogens with zero attached hydrogens (tertiary/aromatic N) is 2. The number of carbonyl (C=O) groups excluding carboxylic acids is 4. The number of ether oxygens (including phenoxy) is 2. The third-order valence-corrected chi connectivity index (χ3v) is 9.78. The summed E-state index contributed by atoms with van der Waals surface area (Å²) >= 11 is 0. The Labute approximate surface area is 282 Å². The van der Waals surface area contributed by atoms with Crippen LogP contribution < -0.4 is 5.32 Å². The highest BCUT2D eigenvalue weighted by Crippen LogP contribution is 2.59. The van der Waals surface area contributed by atoms with E-state index in [1.165, 1.54) is 0 Å². The molecule has 3 amide bonds. The average Bonchev–Trinajstić information content (AvgIpc) is 3.74. The topological polar surface area (TPSA) is 125 Å². The first kappa shape index (κ1) is 35.0. The predicted octanol–water partition coefficient (Wildman–Crippen LogP) is 4.10. The van der Waals surface area contributed by atoms with Crippen LogP contribution in [0.1, 0.15) is 62.7 Å². The first-order valence-electron chi connectivity index (χ1n) is 16.9. The number of aliphatic hydroxyl groups is 1. The van der Waals surface area contributed by atoms with Crippen LogP contribution in [0.25, 0.3) is 0 Å². The normalized spacial score (nSPS) is 25.2. The molecule has 0 radical (unpaired) electrons. The molecular formula is C38H47N3O7. The lowest BCUT2D eigenvalue weighted by molar-refractivity contribution is -0.162. The molecule has 1 spiro atoms. The van der Waals surface area contributed by atoms with Gasteiger partial charge in [-0.25, -0.2) is 0 Å². The van der Waals surface area contributed by atoms with Crippen molar-refractivity contribution in [3.05, 3.63) is 97.1 Å². The second-order valence-corrected chi connectivity index (χ2v) is 13.0. The van der Waals surface area contributed by atoms with Gasteiger partial charge in [0.25, 0.3) is 0 Å². The molecule has 2 bridgehead atoms. The average molecular weight is 658 g/mol. The summed E-state index contributed by atoms with van der Waals surface area (Å²) in [6.45, 7) is 10.1. The number of benzene rings is 2. The fraction of sp³-hybridized carbons (Fsp3) is 0.474. The number of nitrogens with one attached hydrogen (secondary N) is 1. The third-order valence-electron chi connectivity index (χ3n) is 9.78. The molecule has 256 valence electrons. The monoisotopic (exact) mass is 657 g/mol. The van der Waals surface area contributed by atoms with Gasteiger partial charge in [-0.2, -0.15) is 0 Å². The van der Waals surface area contributed by atoms with Gasteiger partial charge in [-0.1, -0.05) is 72.8 Å². The second-order valence-electron chi connectivity index (χ2n) is 13.0. The van der Waals surface area contributed by atoms with E-state index in [4.69, 9.17) is 9.47 Å². The Balaban J connectivity index is 1.44. The van der Waals surface area contributed by atoms with Crippen LogP contribution in [0.15, 0.2) is 86.0 Å². The molecule has 0 aliphatic carbocycles. The van der Waals surface area contributed by atoms with Gasteiger partial charge < -0.3 is 29.7 Å². The fourth-order valence-corrected chi connectivity index (χ4v) is 7.64. The molecule has 10 nitrogen and oxygen atoms in total. The van der Waals surface area contributed by atoms with Crippen LogP contribution in [-0.4, -0.2) is 82.1 Å². The van der Waals surface area contributed by atoms with Gasteiger partial charge in [0.15, 0.2) is 0 Å². The number of fused-ring (bicyclic) bond motifs is 1. The van der Waals surface area contributed by atoms with Crippen LogP contribution in [0.5, 0.6) is 0 Å². The van der Waals surface area contributed by atoms with Gasteiger partial charge in [0.1, 0.15) is 17.7 Å². The largest absolute Gasteiger partial charge is 0.455 e. The van der Waals surface area contributed by atoms with Crippen molar-refractivity contribution >= 4 is 23.7 Å². The molecule has 0 saturated carbocycles. The van der Waals surface area contributed by atoms with Crippen LogP contribution in [0, 0.1) is 11.8 Å². The predicted molar refractivity (Wildman–Crippen MR) is 180 cm³/mol. The molecule has 2 aromatic rings. The van der Waals surface area contributed by atoms with E-state index in [1.807, 2.05) is 60.7 Å². The summed E-state index contributed by atoms with van der Waals surface area (Å²) in [5.41, 5.74) is 0.456. The van der Waals surface area contributed by atoms with Crippen molar-refractivity contribution in [1.29, 1.82) is 0 Å². The minimum Gasteiger partial charge on any atom is -0.455 e. The van der Waals surface area contributed by atoms with E-state index in [-0.39, 0.29) is 43.8 Å². The lowest BCUT2D eigenvalue weighted by atomic mass is 9.70. The quantitative estimate of drug-likeness (QED) is 0.149. The van der Waals surface area contributed by atoms with E-state index >= 15 is 0 Å². The van der Waals surface area contributed by atoms with E-state index in [0.29, 0.717) is 44.2 Å². The van der Waals surface area contributed by atoms with Gasteiger partial charge in [-0.15, -0.1) is 13.2 Å². The summed E-state index contributed by atoms with van der Waals surface area (Å²) < 4.78 is 12.9. The molecular weight excluding hydrogens is 610 g/mol. The zero-order valence-corrected chi connectivity index (χ0v) is 27.7. The highest BCUT2D eigenvalue weighted by Gasteiger charge is 2.75. The molecule has 3 aliphatic heterocycles. The fourth-order valence-electron chi connectivity index (χ4n) is 7.64. The molecule has 3 fully saturated rings. The SMILES string of the molecule is C=CCCC(=O)N[C@H](C)[C@@H](OC(=O)[C@@H]1[C@@H]2CC[C@]3(O2)[C@H](C(=O)N(CC=C)Cc2ccccc2)N(CCCCO)C(=O)[C@@H]13)c1ccccc1. The van der Waals surface area contributed by atoms with E-state index < -0.39 is 47.7 Å². The number of unbranched alkanes of at least 4 members (excludes halogenated alkanes) is 1. The summed E-state index contributed by atoms with van der Waals surface area (Å²) in [5.74, 6) is -3.16. The van der Waals surface area contributed by atoms with Gasteiger partial charge in [0.05, 0.1) is 24.0 Å². The third kappa shape index (κ3) is 7.10. The van der Waals surface area contributed by atoms with Crippen molar-refractivity contribution in [3.8, 4) is 0 Å². The molecule has 3 saturated heterocycles. The summed E-state index contributed by atoms with van der Waals surface area (Å²) in [6.07, 6.45) is 4.63. The number of hydrogen-bond donors (Lipinski definition) is 2. The zero-order valence-electron chi connectivity index (χ0n) is 27.7. The molecule has 10 heteroatoms. The first-order chi connectivity index (χ1) is 23.2. The Morgan fingerprint density at radius 2 is 1.81 bits per heavy atom. The number of hydrogen-bond acceptors (Lipinski definition) is 7. The highest BCUT2D eigenvalue weighted by molar-refractivity contribution is 5.98. The molecule has 2 aromatic carbocycles. The van der Waals surface area contributed by atoms with Crippen LogP contribution in [0.2, 0.25) is 0 Å². The van der Waals surface area contributed by atoms with Crippen LogP contribution in [0.4, 0.5) is 0 Å². The van der Waals surface area contributed by atoms with Crippen molar-refractivity contribution in [3.63, 3.8) is 0 Å². The van der Waals surface area contributed by atoms with Crippen molar-refractivity contribution in [2.45, 2.75) is 81.9 Å². The smallest absolute Gasteiger partial charge is 0.313 e. The number of likely N-dealkylation sites (tertiary alicyclic amines) is 1. The Kier molecular flexibility index (Phi) is 11.5. The number of amides is 3. The van der Waals surface area contributed by atoms with E-state index in [9.17, 15) is 24.3 Å². The van der Waals surface area contributed by atoms with Crippen LogP contribution >= 0.6 is 0 Å². The second kappa shape index (κ2) is 15.7. The maximum absolute atomic E-state index is 14.6. The van der Waals surface area contributed by atoms with Crippen LogP contribution in [0.3, 0.4) is 0 Å². The molecule has 3 aliphatic rings. The summed E-state index contributed by atoms with van der Waals surface area (Å²) in [7, 11) is 0. The Bertz CT molecular complexity index is 1470. The lowest BCUT2D eigenvalue weighted by Crippen LogP contribution is -2.56. The van der Waals surface area contributed by atoms with E-state index in [1.54, 1.807) is 28.9 Å². The number of aliphatic hydroxyl groups excluding tert-OH is 1. The molecule has 0 aromatic heterocycles. The molecule has 48 heavy (non-hydrogen) atoms. The van der Waals surface area contributed by atoms with Gasteiger partial charge in [-0.05, 0) is 50.2 Å². The van der Waals surface area contributed by atoms with Crippen molar-refractivity contribution in [2.24, 2.45) is 11.8 Å². The lowest BCUT2D eigenvalue weighted by Gasteiger charge is -2.37. The molecule has 2 N–H and O–H groups in total. The van der Waals surface area contributed by atoms with Gasteiger partial charge in [0, 0.05) is 32.7 Å². The zero-order chi connectivity index (χ0) is 34.3. The highest BCUT2D eigenvalue weighted by atomic mass is 16.6. The van der Waals surface area contributed by atoms with E-state index in [0.717, 1.165) is 5.56 Å². The number of esters is 1. The number of allylic oxidation sites excluding steroid dienone is 1. The van der Waals surface area contributed by atoms with Crippen molar-refractivity contribution < 1.29 is 33.8 Å². The minimum absolute atomic E-state index is 0.0392. The Hall–Kier alpha value is -4.28. The summed E-state index contributed by atoms with van der Waals surface area (Å²) in [5, 5.41) is 12.4. The molecule has 3 heterocycles. The van der Waals surface area contributed by atoms with Gasteiger partial charge in [0.2, 0.25) is 17.7 Å². The van der Waals surface area contributed by atoms with Crippen LogP contribution in [-0.2, 0) is 35.2 Å². The van der Waals surface area contributed by atoms with Crippen molar-refractivity contribution in [1.82, 2.24) is 15.1 Å². The Morgan fingerprint density at radius 3 is 2.48 bits per heavy atom. The molecule has 0 unspecified atom stereocenters. The molecule has 7 atom stereocenters. The standard InChI is InChI=1S/C38H47N3O7/c1-4-6-19-30(43)39-26(3)33(28-17-11-8-12-18-28)47-37(46)31-29-20-21-38(48-29)32(31)35(44)41(23-13-14-24-42)34(38)36(45)40(22-5-2)25-27-15-9-7-10-16-27/h4-5,7-12,15-18,26,29,31-34,42H,1-2,6,13-14,19-25H2,3H3,(H,39,43)/t26-,29+,31-,32-,33-,34+,38-/m1/s1. The van der Waals surface area contributed by atoms with Crippen molar-refractivity contribution in [2.75, 3.05) is 19.7 Å². The van der Waals surface area contributed by atoms with Gasteiger partial charge in [-0.3, -0.25) is 19.2 Å². The number of carbonyl (C=O) groups is 4. The maximum atomic E-state index is 14.6. The first-order valence-corrected chi connectivity index (χ1v) is 16.9. The van der Waals surface area contributed by atoms with E-state index in [2.05, 4.69) is 18.5 Å².